The molecule has 1 aliphatic rings. The van der Waals surface area contributed by atoms with Gasteiger partial charge in [-0.05, 0) is 35.7 Å². The average Bonchev–Trinajstić information content (AvgIpc) is 2.91. The largest absolute Gasteiger partial charge is 0.388 e. The van der Waals surface area contributed by atoms with Gasteiger partial charge >= 0.3 is 0 Å². The third-order valence-corrected chi connectivity index (χ3v) is 3.66. The number of fused-ring (bicyclic) bond motifs is 1. The Labute approximate surface area is 116 Å². The fraction of sp³-hybridized carbons (Fsp3) is 0.250. The molecule has 4 heteroatoms. The summed E-state index contributed by atoms with van der Waals surface area (Å²) in [4.78, 5) is 0. The minimum Gasteiger partial charge on any atom is -0.388 e. The molecule has 1 atom stereocenters. The lowest BCUT2D eigenvalue weighted by molar-refractivity contribution is 0.177. The number of benzene rings is 2. The summed E-state index contributed by atoms with van der Waals surface area (Å²) < 4.78 is 26.8. The van der Waals surface area contributed by atoms with E-state index in [1.54, 1.807) is 0 Å². The number of halogens is 2. The van der Waals surface area contributed by atoms with Crippen LogP contribution in [0.4, 0.5) is 14.5 Å². The van der Waals surface area contributed by atoms with Crippen LogP contribution in [0.2, 0.25) is 0 Å². The quantitative estimate of drug-likeness (QED) is 0.901. The van der Waals surface area contributed by atoms with Crippen molar-refractivity contribution in [3.05, 3.63) is 64.7 Å². The molecule has 0 aromatic heterocycles. The second-order valence-corrected chi connectivity index (χ2v) is 5.01. The highest BCUT2D eigenvalue weighted by Crippen LogP contribution is 2.32. The molecule has 2 N–H and O–H groups in total. The summed E-state index contributed by atoms with van der Waals surface area (Å²) in [7, 11) is 0. The van der Waals surface area contributed by atoms with E-state index in [1.807, 2.05) is 18.2 Å². The Balaban J connectivity index is 1.88. The molecule has 2 aromatic rings. The number of para-hydroxylation sites is 1. The molecule has 0 saturated carbocycles. The number of anilines is 1. The molecule has 0 bridgehead atoms. The molecule has 0 fully saturated rings. The van der Waals surface area contributed by atoms with Crippen LogP contribution in [-0.4, -0.2) is 11.7 Å². The van der Waals surface area contributed by atoms with Gasteiger partial charge in [-0.1, -0.05) is 18.2 Å². The first kappa shape index (κ1) is 13.1. The van der Waals surface area contributed by atoms with Crippen LogP contribution in [-0.2, 0) is 12.8 Å². The van der Waals surface area contributed by atoms with E-state index in [1.165, 1.54) is 0 Å². The summed E-state index contributed by atoms with van der Waals surface area (Å²) in [5.74, 6) is -0.990. The average molecular weight is 275 g/mol. The molecule has 2 aromatic carbocycles. The van der Waals surface area contributed by atoms with Crippen molar-refractivity contribution in [1.82, 2.24) is 0 Å². The molecule has 104 valence electrons. The predicted octanol–water partition coefficient (Wildman–Crippen LogP) is 3.21. The van der Waals surface area contributed by atoms with Gasteiger partial charge in [0, 0.05) is 24.2 Å². The summed E-state index contributed by atoms with van der Waals surface area (Å²) in [5.41, 5.74) is 3.01. The lowest BCUT2D eigenvalue weighted by atomic mass is 9.97. The first-order chi connectivity index (χ1) is 9.65. The van der Waals surface area contributed by atoms with E-state index in [4.69, 9.17) is 0 Å². The lowest BCUT2D eigenvalue weighted by Gasteiger charge is -2.16. The second kappa shape index (κ2) is 5.21. The van der Waals surface area contributed by atoms with Gasteiger partial charge in [0.1, 0.15) is 11.6 Å². The van der Waals surface area contributed by atoms with E-state index >= 15 is 0 Å². The SMILES string of the molecule is OC(Cc1cc(F)ccc1F)c1cccc2c1NCC2. The van der Waals surface area contributed by atoms with E-state index in [0.717, 1.165) is 48.0 Å². The molecular weight excluding hydrogens is 260 g/mol. The minimum atomic E-state index is -0.855. The highest BCUT2D eigenvalue weighted by atomic mass is 19.1. The van der Waals surface area contributed by atoms with Crippen molar-refractivity contribution in [2.75, 3.05) is 11.9 Å². The Bertz CT molecular complexity index is 642. The van der Waals surface area contributed by atoms with Gasteiger partial charge in [0.05, 0.1) is 6.10 Å². The highest BCUT2D eigenvalue weighted by Gasteiger charge is 2.20. The van der Waals surface area contributed by atoms with Gasteiger partial charge in [-0.25, -0.2) is 8.78 Å². The minimum absolute atomic E-state index is 0.0573. The van der Waals surface area contributed by atoms with E-state index in [0.29, 0.717) is 0 Å². The van der Waals surface area contributed by atoms with Crippen molar-refractivity contribution >= 4 is 5.69 Å². The zero-order valence-corrected chi connectivity index (χ0v) is 10.9. The Morgan fingerprint density at radius 2 is 2.05 bits per heavy atom. The van der Waals surface area contributed by atoms with Gasteiger partial charge in [0.2, 0.25) is 0 Å². The number of hydrogen-bond donors (Lipinski definition) is 2. The number of rotatable bonds is 3. The van der Waals surface area contributed by atoms with Crippen molar-refractivity contribution in [3.8, 4) is 0 Å². The second-order valence-electron chi connectivity index (χ2n) is 5.01. The Kier molecular flexibility index (Phi) is 3.40. The maximum atomic E-state index is 13.6. The molecule has 1 unspecified atom stereocenters. The topological polar surface area (TPSA) is 32.3 Å². The normalized spacial score (nSPS) is 14.8. The molecule has 2 nitrogen and oxygen atoms in total. The molecule has 0 spiro atoms. The number of aliphatic hydroxyl groups excluding tert-OH is 1. The van der Waals surface area contributed by atoms with Crippen molar-refractivity contribution in [2.24, 2.45) is 0 Å². The van der Waals surface area contributed by atoms with Gasteiger partial charge in [-0.2, -0.15) is 0 Å². The van der Waals surface area contributed by atoms with Crippen LogP contribution in [0.25, 0.3) is 0 Å². The lowest BCUT2D eigenvalue weighted by Crippen LogP contribution is -2.07. The smallest absolute Gasteiger partial charge is 0.126 e. The Hall–Kier alpha value is -1.94. The Morgan fingerprint density at radius 1 is 1.20 bits per heavy atom. The van der Waals surface area contributed by atoms with Crippen LogP contribution >= 0.6 is 0 Å². The first-order valence-electron chi connectivity index (χ1n) is 6.63. The van der Waals surface area contributed by atoms with Crippen molar-refractivity contribution in [1.29, 1.82) is 0 Å². The van der Waals surface area contributed by atoms with Crippen LogP contribution < -0.4 is 5.32 Å². The molecule has 0 radical (unpaired) electrons. The Morgan fingerprint density at radius 3 is 2.90 bits per heavy atom. The van der Waals surface area contributed by atoms with Crippen LogP contribution in [0, 0.1) is 11.6 Å². The summed E-state index contributed by atoms with van der Waals surface area (Å²) in [5, 5.41) is 13.6. The zero-order valence-electron chi connectivity index (χ0n) is 10.9. The van der Waals surface area contributed by atoms with E-state index < -0.39 is 17.7 Å². The van der Waals surface area contributed by atoms with Gasteiger partial charge in [0.15, 0.2) is 0 Å². The monoisotopic (exact) mass is 275 g/mol. The van der Waals surface area contributed by atoms with Crippen molar-refractivity contribution in [3.63, 3.8) is 0 Å². The van der Waals surface area contributed by atoms with Crippen LogP contribution in [0.15, 0.2) is 36.4 Å². The molecular formula is C16H15F2NO. The first-order valence-corrected chi connectivity index (χ1v) is 6.63. The van der Waals surface area contributed by atoms with E-state index in [9.17, 15) is 13.9 Å². The molecule has 0 saturated heterocycles. The fourth-order valence-corrected chi connectivity index (χ4v) is 2.66. The summed E-state index contributed by atoms with van der Waals surface area (Å²) in [6, 6.07) is 9.01. The highest BCUT2D eigenvalue weighted by molar-refractivity contribution is 5.62. The molecule has 3 rings (SSSR count). The third-order valence-electron chi connectivity index (χ3n) is 3.66. The van der Waals surface area contributed by atoms with Crippen LogP contribution in [0.5, 0.6) is 0 Å². The number of hydrogen-bond acceptors (Lipinski definition) is 2. The van der Waals surface area contributed by atoms with Crippen LogP contribution in [0.1, 0.15) is 22.8 Å². The van der Waals surface area contributed by atoms with Gasteiger partial charge < -0.3 is 10.4 Å². The molecule has 1 heterocycles. The van der Waals surface area contributed by atoms with Crippen molar-refractivity contribution < 1.29 is 13.9 Å². The predicted molar refractivity (Wildman–Crippen MR) is 73.7 cm³/mol. The van der Waals surface area contributed by atoms with Gasteiger partial charge in [0.25, 0.3) is 0 Å². The number of nitrogens with one attached hydrogen (secondary N) is 1. The van der Waals surface area contributed by atoms with Crippen LogP contribution in [0.3, 0.4) is 0 Å². The molecule has 0 aliphatic carbocycles. The molecule has 0 amide bonds. The standard InChI is InChI=1S/C16H15F2NO/c17-12-4-5-14(18)11(8-12)9-15(20)13-3-1-2-10-6-7-19-16(10)13/h1-5,8,15,19-20H,6-7,9H2. The van der Waals surface area contributed by atoms with Gasteiger partial charge in [-0.15, -0.1) is 0 Å². The third kappa shape index (κ3) is 2.39. The molecule has 1 aliphatic heterocycles. The fourth-order valence-electron chi connectivity index (χ4n) is 2.66. The van der Waals surface area contributed by atoms with Crippen molar-refractivity contribution in [2.45, 2.75) is 18.9 Å². The maximum absolute atomic E-state index is 13.6. The van der Waals surface area contributed by atoms with E-state index in [2.05, 4.69) is 5.32 Å². The summed E-state index contributed by atoms with van der Waals surface area (Å²) in [6.45, 7) is 0.841. The summed E-state index contributed by atoms with van der Waals surface area (Å²) in [6.07, 6.45) is 0.123. The number of aliphatic hydroxyl groups is 1. The maximum Gasteiger partial charge on any atom is 0.126 e. The summed E-state index contributed by atoms with van der Waals surface area (Å²) >= 11 is 0. The van der Waals surface area contributed by atoms with Gasteiger partial charge in [-0.3, -0.25) is 0 Å². The van der Waals surface area contributed by atoms with E-state index in [-0.39, 0.29) is 12.0 Å². The molecule has 20 heavy (non-hydrogen) atoms. The zero-order chi connectivity index (χ0) is 14.1.